The summed E-state index contributed by atoms with van der Waals surface area (Å²) in [6, 6.07) is 3.44. The molecule has 3 saturated carbocycles. The van der Waals surface area contributed by atoms with Gasteiger partial charge in [0.25, 0.3) is 0 Å². The Kier molecular flexibility index (Phi) is 6.26. The van der Waals surface area contributed by atoms with Gasteiger partial charge in [0.05, 0.1) is 0 Å². The van der Waals surface area contributed by atoms with Gasteiger partial charge in [0.2, 0.25) is 0 Å². The number of allylic oxidation sites excluding steroid dienone is 2. The first kappa shape index (κ1) is 24.4. The zero-order valence-electron chi connectivity index (χ0n) is 21.0. The van der Waals surface area contributed by atoms with Crippen molar-refractivity contribution in [2.75, 3.05) is 0 Å². The van der Waals surface area contributed by atoms with E-state index in [0.717, 1.165) is 57.4 Å². The van der Waals surface area contributed by atoms with Gasteiger partial charge in [0, 0.05) is 30.9 Å². The van der Waals surface area contributed by atoms with Crippen LogP contribution in [0.3, 0.4) is 0 Å². The molecule has 0 amide bonds. The van der Waals surface area contributed by atoms with Crippen molar-refractivity contribution < 1.29 is 23.1 Å². The van der Waals surface area contributed by atoms with Gasteiger partial charge in [-0.25, -0.2) is 8.78 Å². The molecule has 4 aliphatic rings. The van der Waals surface area contributed by atoms with Crippen LogP contribution in [0.15, 0.2) is 35.9 Å². The van der Waals surface area contributed by atoms with Gasteiger partial charge in [-0.2, -0.15) is 0 Å². The number of carbonyl (C=O) groups excluding carboxylic acids is 2. The summed E-state index contributed by atoms with van der Waals surface area (Å²) < 4.78 is 32.8. The fourth-order valence-corrected chi connectivity index (χ4v) is 8.35. The monoisotopic (exact) mass is 482 g/mol. The Morgan fingerprint density at radius 2 is 1.86 bits per heavy atom. The average Bonchev–Trinajstić information content (AvgIpc) is 3.15. The van der Waals surface area contributed by atoms with Crippen molar-refractivity contribution in [1.82, 2.24) is 0 Å². The predicted molar refractivity (Wildman–Crippen MR) is 131 cm³/mol. The Bertz CT molecular complexity index is 1090. The molecule has 0 heterocycles. The Morgan fingerprint density at radius 1 is 1.06 bits per heavy atom. The molecule has 0 aromatic heterocycles. The summed E-state index contributed by atoms with van der Waals surface area (Å²) in [7, 11) is 0. The van der Waals surface area contributed by atoms with E-state index in [1.165, 1.54) is 36.8 Å². The molecule has 3 fully saturated rings. The summed E-state index contributed by atoms with van der Waals surface area (Å²) in [6.07, 6.45) is 13.4. The number of benzene rings is 1. The van der Waals surface area contributed by atoms with Crippen molar-refractivity contribution in [3.8, 4) is 0 Å². The molecular weight excluding hydrogens is 446 g/mol. The Balaban J connectivity index is 1.33. The van der Waals surface area contributed by atoms with Crippen LogP contribution in [0.25, 0.3) is 6.08 Å². The van der Waals surface area contributed by atoms with Gasteiger partial charge >= 0.3 is 5.97 Å². The minimum Gasteiger partial charge on any atom is -0.462 e. The number of esters is 1. The molecule has 4 aliphatic carbocycles. The lowest BCUT2D eigenvalue weighted by Crippen LogP contribution is -2.51. The normalized spacial score (nSPS) is 38.3. The van der Waals surface area contributed by atoms with Crippen LogP contribution in [0.4, 0.5) is 8.78 Å². The van der Waals surface area contributed by atoms with Crippen molar-refractivity contribution in [2.24, 2.45) is 34.5 Å². The maximum Gasteiger partial charge on any atom is 0.302 e. The van der Waals surface area contributed by atoms with E-state index in [1.54, 1.807) is 0 Å². The molecule has 35 heavy (non-hydrogen) atoms. The van der Waals surface area contributed by atoms with E-state index in [1.807, 2.05) is 0 Å². The number of carbonyl (C=O) groups is 2. The topological polar surface area (TPSA) is 43.4 Å². The second kappa shape index (κ2) is 8.97. The van der Waals surface area contributed by atoms with Gasteiger partial charge in [-0.3, -0.25) is 9.59 Å². The number of ether oxygens (including phenoxy) is 1. The van der Waals surface area contributed by atoms with Crippen LogP contribution in [0, 0.1) is 46.1 Å². The number of halogens is 2. The summed E-state index contributed by atoms with van der Waals surface area (Å²) in [6.45, 7) is 6.21. The minimum atomic E-state index is -0.647. The lowest BCUT2D eigenvalue weighted by molar-refractivity contribution is -0.149. The van der Waals surface area contributed by atoms with Crippen LogP contribution in [0.5, 0.6) is 0 Å². The average molecular weight is 483 g/mol. The van der Waals surface area contributed by atoms with Crippen molar-refractivity contribution in [3.63, 3.8) is 0 Å². The quantitative estimate of drug-likeness (QED) is 0.262. The highest BCUT2D eigenvalue weighted by molar-refractivity contribution is 5.96. The van der Waals surface area contributed by atoms with E-state index >= 15 is 0 Å². The van der Waals surface area contributed by atoms with E-state index < -0.39 is 11.6 Å². The third-order valence-corrected chi connectivity index (χ3v) is 10.1. The highest BCUT2D eigenvalue weighted by atomic mass is 19.1. The predicted octanol–water partition coefficient (Wildman–Crippen LogP) is 7.06. The summed E-state index contributed by atoms with van der Waals surface area (Å²) in [4.78, 5) is 24.8. The van der Waals surface area contributed by atoms with Crippen molar-refractivity contribution >= 4 is 17.8 Å². The van der Waals surface area contributed by atoms with E-state index in [2.05, 4.69) is 19.9 Å². The summed E-state index contributed by atoms with van der Waals surface area (Å²) in [5.74, 6) is 0.244. The Hall–Kier alpha value is -2.30. The second-order valence-corrected chi connectivity index (χ2v) is 11.8. The van der Waals surface area contributed by atoms with Crippen LogP contribution in [0.1, 0.15) is 77.7 Å². The van der Waals surface area contributed by atoms with E-state index in [4.69, 9.17) is 4.74 Å². The lowest BCUT2D eigenvalue weighted by Gasteiger charge is -2.58. The lowest BCUT2D eigenvalue weighted by atomic mass is 9.47. The molecule has 0 saturated heterocycles. The summed E-state index contributed by atoms with van der Waals surface area (Å²) in [5.41, 5.74) is 1.82. The minimum absolute atomic E-state index is 0.00319. The first-order chi connectivity index (χ1) is 16.6. The molecule has 4 unspecified atom stereocenters. The summed E-state index contributed by atoms with van der Waals surface area (Å²) in [5, 5.41) is 0. The highest BCUT2D eigenvalue weighted by Gasteiger charge is 2.59. The van der Waals surface area contributed by atoms with Crippen molar-refractivity contribution in [2.45, 2.75) is 78.2 Å². The highest BCUT2D eigenvalue weighted by Crippen LogP contribution is 2.66. The Morgan fingerprint density at radius 3 is 2.60 bits per heavy atom. The number of ketones is 1. The van der Waals surface area contributed by atoms with Gasteiger partial charge in [-0.05, 0) is 97.8 Å². The molecule has 1 aromatic rings. The second-order valence-electron chi connectivity index (χ2n) is 11.8. The molecule has 5 rings (SSSR count). The van der Waals surface area contributed by atoms with Gasteiger partial charge in [-0.15, -0.1) is 0 Å². The summed E-state index contributed by atoms with van der Waals surface area (Å²) >= 11 is 0. The molecule has 5 heteroatoms. The van der Waals surface area contributed by atoms with Crippen molar-refractivity contribution in [3.05, 3.63) is 53.1 Å². The van der Waals surface area contributed by atoms with Crippen LogP contribution < -0.4 is 0 Å². The number of hydrogen-bond acceptors (Lipinski definition) is 3. The van der Waals surface area contributed by atoms with E-state index in [-0.39, 0.29) is 40.2 Å². The molecule has 0 radical (unpaired) electrons. The molecular formula is C30H36F2O3. The van der Waals surface area contributed by atoms with Crippen LogP contribution in [-0.2, 0) is 14.3 Å². The van der Waals surface area contributed by atoms with Gasteiger partial charge in [-0.1, -0.05) is 25.5 Å². The third-order valence-electron chi connectivity index (χ3n) is 10.1. The molecule has 0 spiro atoms. The zero-order valence-corrected chi connectivity index (χ0v) is 21.0. The number of rotatable bonds is 4. The standard InChI is InChI=1S/C30H36F2O3/c1-18(33)35-22-12-14-29(2)20(16-22)6-8-23-24-9-10-26(30(24,3)15-13-25(23)29)28(34)11-5-19-4-7-21(31)17-27(19)32/h4-7,11,17,22-26H,8-10,12-16H2,1-3H3/b11-5+/t22-,23?,24?,25?,26?,29-,30-/m0/s1. The zero-order chi connectivity index (χ0) is 25.0. The van der Waals surface area contributed by atoms with Crippen molar-refractivity contribution in [1.29, 1.82) is 0 Å². The molecule has 7 atom stereocenters. The third kappa shape index (κ3) is 4.19. The maximum absolute atomic E-state index is 14.0. The number of hydrogen-bond donors (Lipinski definition) is 0. The van der Waals surface area contributed by atoms with Gasteiger partial charge in [0.15, 0.2) is 5.78 Å². The van der Waals surface area contributed by atoms with Crippen LogP contribution in [0.2, 0.25) is 0 Å². The number of fused-ring (bicyclic) bond motifs is 5. The van der Waals surface area contributed by atoms with E-state index in [9.17, 15) is 18.4 Å². The first-order valence-corrected chi connectivity index (χ1v) is 13.2. The molecule has 188 valence electrons. The molecule has 3 nitrogen and oxygen atoms in total. The van der Waals surface area contributed by atoms with Crippen LogP contribution >= 0.6 is 0 Å². The largest absolute Gasteiger partial charge is 0.462 e. The molecule has 0 bridgehead atoms. The fourth-order valence-electron chi connectivity index (χ4n) is 8.35. The maximum atomic E-state index is 14.0. The van der Waals surface area contributed by atoms with Gasteiger partial charge < -0.3 is 4.74 Å². The molecule has 1 aromatic carbocycles. The van der Waals surface area contributed by atoms with Gasteiger partial charge in [0.1, 0.15) is 17.7 Å². The first-order valence-electron chi connectivity index (χ1n) is 13.2. The smallest absolute Gasteiger partial charge is 0.302 e. The Labute approximate surface area is 207 Å². The SMILES string of the molecule is CC(=O)O[C@H]1CC[C@@]2(C)C(=CCC3C4CCC(C(=O)/C=C/c5ccc(F)cc5F)[C@@]4(C)CCC32)C1. The van der Waals surface area contributed by atoms with Crippen LogP contribution in [-0.4, -0.2) is 17.9 Å². The molecule has 0 aliphatic heterocycles. The molecule has 0 N–H and O–H groups in total. The fraction of sp³-hybridized carbons (Fsp3) is 0.600. The van der Waals surface area contributed by atoms with E-state index in [0.29, 0.717) is 17.8 Å².